The van der Waals surface area contributed by atoms with Crippen LogP contribution < -0.4 is 0 Å². The number of ether oxygens (including phenoxy) is 3. The predicted molar refractivity (Wildman–Crippen MR) is 95.7 cm³/mol. The monoisotopic (exact) mass is 346 g/mol. The Bertz CT molecular complexity index is 606. The van der Waals surface area contributed by atoms with E-state index in [-0.39, 0.29) is 12.1 Å². The van der Waals surface area contributed by atoms with Crippen LogP contribution in [0.15, 0.2) is 48.6 Å². The Kier molecular flexibility index (Phi) is 6.93. The van der Waals surface area contributed by atoms with E-state index in [0.717, 1.165) is 5.56 Å². The smallest absolute Gasteiger partial charge is 0.330 e. The maximum atomic E-state index is 11.4. The third-order valence-corrected chi connectivity index (χ3v) is 3.75. The van der Waals surface area contributed by atoms with Gasteiger partial charge in [-0.3, -0.25) is 0 Å². The van der Waals surface area contributed by atoms with Gasteiger partial charge in [0.15, 0.2) is 5.79 Å². The van der Waals surface area contributed by atoms with E-state index < -0.39 is 18.0 Å². The minimum absolute atomic E-state index is 0.338. The van der Waals surface area contributed by atoms with Gasteiger partial charge in [-0.25, -0.2) is 4.79 Å². The summed E-state index contributed by atoms with van der Waals surface area (Å²) in [5, 5.41) is 10.5. The molecule has 1 saturated heterocycles. The normalized spacial score (nSPS) is 24.0. The molecule has 1 aromatic carbocycles. The fourth-order valence-electron chi connectivity index (χ4n) is 2.71. The van der Waals surface area contributed by atoms with Crippen LogP contribution in [0, 0.1) is 0 Å². The van der Waals surface area contributed by atoms with E-state index in [9.17, 15) is 9.90 Å². The zero-order chi connectivity index (χ0) is 18.3. The number of hydrogen-bond acceptors (Lipinski definition) is 5. The summed E-state index contributed by atoms with van der Waals surface area (Å²) in [4.78, 5) is 11.4. The third kappa shape index (κ3) is 6.12. The van der Waals surface area contributed by atoms with Crippen molar-refractivity contribution in [1.29, 1.82) is 0 Å². The quantitative estimate of drug-likeness (QED) is 0.607. The highest BCUT2D eigenvalue weighted by Crippen LogP contribution is 2.32. The molecule has 0 amide bonds. The van der Waals surface area contributed by atoms with Gasteiger partial charge in [-0.05, 0) is 32.8 Å². The van der Waals surface area contributed by atoms with Crippen molar-refractivity contribution in [2.45, 2.75) is 51.3 Å². The average Bonchev–Trinajstić information content (AvgIpc) is 2.89. The zero-order valence-electron chi connectivity index (χ0n) is 14.9. The molecule has 0 bridgehead atoms. The molecule has 0 spiro atoms. The number of carbonyl (C=O) groups excluding carboxylic acids is 1. The van der Waals surface area contributed by atoms with E-state index in [1.807, 2.05) is 50.3 Å². The minimum Gasteiger partial charge on any atom is -0.463 e. The summed E-state index contributed by atoms with van der Waals surface area (Å²) in [5.74, 6) is -1.17. The van der Waals surface area contributed by atoms with Gasteiger partial charge in [-0.2, -0.15) is 0 Å². The van der Waals surface area contributed by atoms with Gasteiger partial charge in [0, 0.05) is 6.08 Å². The Morgan fingerprint density at radius 3 is 2.72 bits per heavy atom. The second kappa shape index (κ2) is 8.94. The molecule has 5 nitrogen and oxygen atoms in total. The van der Waals surface area contributed by atoms with E-state index in [0.29, 0.717) is 13.0 Å². The van der Waals surface area contributed by atoms with Gasteiger partial charge in [0.05, 0.1) is 12.7 Å². The molecule has 1 heterocycles. The van der Waals surface area contributed by atoms with Crippen LogP contribution in [-0.4, -0.2) is 41.8 Å². The highest BCUT2D eigenvalue weighted by Gasteiger charge is 2.43. The fourth-order valence-corrected chi connectivity index (χ4v) is 2.71. The molecule has 25 heavy (non-hydrogen) atoms. The van der Waals surface area contributed by atoms with Crippen LogP contribution in [0.25, 0.3) is 6.08 Å². The lowest BCUT2D eigenvalue weighted by molar-refractivity contribution is -0.152. The SMILES string of the molecule is CCOC(=O)/C=C/C[C@H]1OC(C)(C)O[C@H]1[C@@H](O)/C=C/c1ccccc1. The van der Waals surface area contributed by atoms with E-state index in [1.54, 1.807) is 19.1 Å². The Labute approximate surface area is 148 Å². The molecule has 3 atom stereocenters. The molecule has 0 radical (unpaired) electrons. The Morgan fingerprint density at radius 2 is 2.04 bits per heavy atom. The first-order chi connectivity index (χ1) is 11.9. The molecular formula is C20H26O5. The van der Waals surface area contributed by atoms with Crippen molar-refractivity contribution < 1.29 is 24.1 Å². The van der Waals surface area contributed by atoms with Gasteiger partial charge in [0.25, 0.3) is 0 Å². The van der Waals surface area contributed by atoms with Crippen molar-refractivity contribution in [2.24, 2.45) is 0 Å². The van der Waals surface area contributed by atoms with Crippen LogP contribution in [0.1, 0.15) is 32.8 Å². The zero-order valence-corrected chi connectivity index (χ0v) is 14.9. The minimum atomic E-state index is -0.817. The topological polar surface area (TPSA) is 65.0 Å². The summed E-state index contributed by atoms with van der Waals surface area (Å²) < 4.78 is 16.6. The molecule has 1 aromatic rings. The Balaban J connectivity index is 2.00. The van der Waals surface area contributed by atoms with E-state index >= 15 is 0 Å². The number of aliphatic hydroxyl groups is 1. The highest BCUT2D eigenvalue weighted by molar-refractivity contribution is 5.81. The maximum absolute atomic E-state index is 11.4. The molecule has 136 valence electrons. The molecule has 5 heteroatoms. The third-order valence-electron chi connectivity index (χ3n) is 3.75. The van der Waals surface area contributed by atoms with Crippen LogP contribution >= 0.6 is 0 Å². The van der Waals surface area contributed by atoms with Crippen molar-refractivity contribution in [1.82, 2.24) is 0 Å². The summed E-state index contributed by atoms with van der Waals surface area (Å²) in [6.45, 7) is 5.71. The van der Waals surface area contributed by atoms with Crippen LogP contribution in [0.5, 0.6) is 0 Å². The van der Waals surface area contributed by atoms with Crippen LogP contribution in [0.2, 0.25) is 0 Å². The Morgan fingerprint density at radius 1 is 1.32 bits per heavy atom. The maximum Gasteiger partial charge on any atom is 0.330 e. The van der Waals surface area contributed by atoms with Crippen molar-refractivity contribution in [3.8, 4) is 0 Å². The molecular weight excluding hydrogens is 320 g/mol. The van der Waals surface area contributed by atoms with Crippen molar-refractivity contribution in [3.05, 3.63) is 54.1 Å². The summed E-state index contributed by atoms with van der Waals surface area (Å²) in [6, 6.07) is 9.73. The first-order valence-electron chi connectivity index (χ1n) is 8.51. The lowest BCUT2D eigenvalue weighted by Crippen LogP contribution is -2.33. The van der Waals surface area contributed by atoms with Gasteiger partial charge >= 0.3 is 5.97 Å². The number of benzene rings is 1. The van der Waals surface area contributed by atoms with Crippen molar-refractivity contribution in [3.63, 3.8) is 0 Å². The number of aliphatic hydroxyl groups excluding tert-OH is 1. The fraction of sp³-hybridized carbons (Fsp3) is 0.450. The van der Waals surface area contributed by atoms with Gasteiger partial charge in [-0.15, -0.1) is 0 Å². The number of carbonyl (C=O) groups is 1. The van der Waals surface area contributed by atoms with E-state index in [2.05, 4.69) is 0 Å². The summed E-state index contributed by atoms with van der Waals surface area (Å²) in [5.41, 5.74) is 0.999. The van der Waals surface area contributed by atoms with Gasteiger partial charge in [-0.1, -0.05) is 48.6 Å². The molecule has 1 aliphatic heterocycles. The summed E-state index contributed by atoms with van der Waals surface area (Å²) in [7, 11) is 0. The molecule has 1 fully saturated rings. The molecule has 1 aliphatic rings. The lowest BCUT2D eigenvalue weighted by Gasteiger charge is -2.19. The second-order valence-electron chi connectivity index (χ2n) is 6.29. The number of rotatable bonds is 7. The van der Waals surface area contributed by atoms with E-state index in [1.165, 1.54) is 6.08 Å². The standard InChI is InChI=1S/C20H26O5/c1-4-23-18(22)12-8-11-17-19(25-20(2,3)24-17)16(21)14-13-15-9-6-5-7-10-15/h5-10,12-14,16-17,19,21H,4,11H2,1-3H3/b12-8+,14-13+/t16-,17+,19-/m0/s1. The molecule has 0 aliphatic carbocycles. The predicted octanol–water partition coefficient (Wildman–Crippen LogP) is 3.09. The number of esters is 1. The average molecular weight is 346 g/mol. The number of hydrogen-bond donors (Lipinski definition) is 1. The molecule has 1 N–H and O–H groups in total. The van der Waals surface area contributed by atoms with Crippen LogP contribution in [-0.2, 0) is 19.0 Å². The second-order valence-corrected chi connectivity index (χ2v) is 6.29. The largest absolute Gasteiger partial charge is 0.463 e. The van der Waals surface area contributed by atoms with Crippen LogP contribution in [0.4, 0.5) is 0 Å². The van der Waals surface area contributed by atoms with Crippen LogP contribution in [0.3, 0.4) is 0 Å². The lowest BCUT2D eigenvalue weighted by atomic mass is 10.0. The molecule has 2 rings (SSSR count). The van der Waals surface area contributed by atoms with Gasteiger partial charge in [0.2, 0.25) is 0 Å². The van der Waals surface area contributed by atoms with Gasteiger partial charge < -0.3 is 19.3 Å². The Hall–Kier alpha value is -1.95. The highest BCUT2D eigenvalue weighted by atomic mass is 16.8. The van der Waals surface area contributed by atoms with E-state index in [4.69, 9.17) is 14.2 Å². The molecule has 0 unspecified atom stereocenters. The molecule has 0 saturated carbocycles. The van der Waals surface area contributed by atoms with Crippen molar-refractivity contribution in [2.75, 3.05) is 6.61 Å². The summed E-state index contributed by atoms with van der Waals surface area (Å²) >= 11 is 0. The van der Waals surface area contributed by atoms with Gasteiger partial charge in [0.1, 0.15) is 12.2 Å². The first kappa shape index (κ1) is 19.4. The van der Waals surface area contributed by atoms with Crippen molar-refractivity contribution >= 4 is 12.0 Å². The molecule has 0 aromatic heterocycles. The first-order valence-corrected chi connectivity index (χ1v) is 8.51. The summed E-state index contributed by atoms with van der Waals surface area (Å²) in [6.07, 6.45) is 5.39.